The molecule has 1 rings (SSSR count). The first-order valence-corrected chi connectivity index (χ1v) is 8.29. The standard InChI is InChI=1S/C13H17ClFNO3S/c1-8(13(2,3)4)16-12(17)10-7-9(20(14,18)19)5-6-11(10)15/h5-8H,1-4H3,(H,16,17). The van der Waals surface area contributed by atoms with E-state index in [0.717, 1.165) is 18.2 Å². The van der Waals surface area contributed by atoms with E-state index in [1.165, 1.54) is 0 Å². The molecule has 0 aromatic heterocycles. The maximum absolute atomic E-state index is 13.7. The third-order valence-electron chi connectivity index (χ3n) is 3.11. The summed E-state index contributed by atoms with van der Waals surface area (Å²) in [6.45, 7) is 7.56. The number of nitrogens with one attached hydrogen (secondary N) is 1. The lowest BCUT2D eigenvalue weighted by Crippen LogP contribution is -2.41. The van der Waals surface area contributed by atoms with Gasteiger partial charge in [0.1, 0.15) is 5.82 Å². The van der Waals surface area contributed by atoms with Gasteiger partial charge in [-0.1, -0.05) is 20.8 Å². The largest absolute Gasteiger partial charge is 0.349 e. The molecule has 4 nitrogen and oxygen atoms in total. The number of benzene rings is 1. The van der Waals surface area contributed by atoms with Crippen molar-refractivity contribution in [2.24, 2.45) is 5.41 Å². The van der Waals surface area contributed by atoms with Gasteiger partial charge in [0, 0.05) is 16.7 Å². The molecule has 1 aromatic carbocycles. The van der Waals surface area contributed by atoms with Crippen LogP contribution >= 0.6 is 10.7 Å². The summed E-state index contributed by atoms with van der Waals surface area (Å²) in [5, 5.41) is 2.64. The van der Waals surface area contributed by atoms with Gasteiger partial charge in [-0.3, -0.25) is 4.79 Å². The van der Waals surface area contributed by atoms with Crippen LogP contribution in [-0.4, -0.2) is 20.4 Å². The molecule has 0 radical (unpaired) electrons. The highest BCUT2D eigenvalue weighted by molar-refractivity contribution is 8.13. The third kappa shape index (κ3) is 4.18. The molecule has 0 aliphatic rings. The second-order valence-electron chi connectivity index (χ2n) is 5.64. The van der Waals surface area contributed by atoms with E-state index < -0.39 is 20.8 Å². The third-order valence-corrected chi connectivity index (χ3v) is 4.46. The summed E-state index contributed by atoms with van der Waals surface area (Å²) in [7, 11) is 1.18. The molecule has 1 N–H and O–H groups in total. The zero-order valence-electron chi connectivity index (χ0n) is 11.7. The van der Waals surface area contributed by atoms with Crippen LogP contribution in [0.5, 0.6) is 0 Å². The van der Waals surface area contributed by atoms with Gasteiger partial charge in [0.15, 0.2) is 0 Å². The van der Waals surface area contributed by atoms with Gasteiger partial charge in [-0.2, -0.15) is 0 Å². The van der Waals surface area contributed by atoms with E-state index >= 15 is 0 Å². The van der Waals surface area contributed by atoms with Crippen LogP contribution in [0.25, 0.3) is 0 Å². The van der Waals surface area contributed by atoms with Crippen molar-refractivity contribution in [3.8, 4) is 0 Å². The fraction of sp³-hybridized carbons (Fsp3) is 0.462. The highest BCUT2D eigenvalue weighted by atomic mass is 35.7. The summed E-state index contributed by atoms with van der Waals surface area (Å²) in [4.78, 5) is 11.7. The summed E-state index contributed by atoms with van der Waals surface area (Å²) in [5.41, 5.74) is -0.551. The van der Waals surface area contributed by atoms with Gasteiger partial charge >= 0.3 is 0 Å². The topological polar surface area (TPSA) is 63.2 Å². The Morgan fingerprint density at radius 2 is 1.90 bits per heavy atom. The molecule has 0 aliphatic heterocycles. The van der Waals surface area contributed by atoms with Crippen LogP contribution in [0.2, 0.25) is 0 Å². The van der Waals surface area contributed by atoms with E-state index in [0.29, 0.717) is 0 Å². The van der Waals surface area contributed by atoms with Gasteiger partial charge < -0.3 is 5.32 Å². The van der Waals surface area contributed by atoms with E-state index in [4.69, 9.17) is 10.7 Å². The Kier molecular flexibility index (Phi) is 4.82. The molecule has 112 valence electrons. The molecule has 1 aromatic rings. The second-order valence-corrected chi connectivity index (χ2v) is 8.21. The van der Waals surface area contributed by atoms with Crippen molar-refractivity contribution in [2.75, 3.05) is 0 Å². The molecule has 1 unspecified atom stereocenters. The highest BCUT2D eigenvalue weighted by Crippen LogP contribution is 2.21. The van der Waals surface area contributed by atoms with E-state index in [1.54, 1.807) is 6.92 Å². The van der Waals surface area contributed by atoms with Gasteiger partial charge in [0.05, 0.1) is 10.5 Å². The van der Waals surface area contributed by atoms with Gasteiger partial charge in [0.2, 0.25) is 0 Å². The summed E-state index contributed by atoms with van der Waals surface area (Å²) >= 11 is 0. The molecule has 0 fully saturated rings. The molecule has 1 atom stereocenters. The Balaban J connectivity index is 3.11. The maximum atomic E-state index is 13.7. The first-order chi connectivity index (χ1) is 8.93. The Labute approximate surface area is 122 Å². The van der Waals surface area contributed by atoms with Crippen molar-refractivity contribution in [3.63, 3.8) is 0 Å². The monoisotopic (exact) mass is 321 g/mol. The van der Waals surface area contributed by atoms with Crippen LogP contribution in [0.15, 0.2) is 23.1 Å². The Bertz CT molecular complexity index is 623. The van der Waals surface area contributed by atoms with Crippen LogP contribution in [0.3, 0.4) is 0 Å². The highest BCUT2D eigenvalue weighted by Gasteiger charge is 2.24. The lowest BCUT2D eigenvalue weighted by Gasteiger charge is -2.28. The molecule has 0 heterocycles. The number of halogens is 2. The van der Waals surface area contributed by atoms with Crippen LogP contribution in [0, 0.1) is 11.2 Å². The summed E-state index contributed by atoms with van der Waals surface area (Å²) < 4.78 is 36.1. The minimum Gasteiger partial charge on any atom is -0.349 e. The Morgan fingerprint density at radius 1 is 1.35 bits per heavy atom. The van der Waals surface area contributed by atoms with E-state index in [9.17, 15) is 17.6 Å². The smallest absolute Gasteiger partial charge is 0.261 e. The first-order valence-electron chi connectivity index (χ1n) is 5.98. The predicted molar refractivity (Wildman–Crippen MR) is 75.8 cm³/mol. The molecule has 0 saturated heterocycles. The van der Waals surface area contributed by atoms with Gasteiger partial charge in [-0.15, -0.1) is 0 Å². The first kappa shape index (κ1) is 16.9. The molecule has 7 heteroatoms. The molecular formula is C13H17ClFNO3S. The van der Waals surface area contributed by atoms with Crippen molar-refractivity contribution in [1.82, 2.24) is 5.32 Å². The van der Waals surface area contributed by atoms with Crippen LogP contribution in [0.1, 0.15) is 38.1 Å². The summed E-state index contributed by atoms with van der Waals surface area (Å²) in [5.74, 6) is -1.47. The maximum Gasteiger partial charge on any atom is 0.261 e. The van der Waals surface area contributed by atoms with Crippen LogP contribution < -0.4 is 5.32 Å². The predicted octanol–water partition coefficient (Wildman–Crippen LogP) is 2.92. The van der Waals surface area contributed by atoms with Crippen LogP contribution in [-0.2, 0) is 9.05 Å². The molecule has 1 amide bonds. The van der Waals surface area contributed by atoms with Gasteiger partial charge in [0.25, 0.3) is 15.0 Å². The number of hydrogen-bond donors (Lipinski definition) is 1. The zero-order valence-corrected chi connectivity index (χ0v) is 13.3. The summed E-state index contributed by atoms with van der Waals surface area (Å²) in [6.07, 6.45) is 0. The quantitative estimate of drug-likeness (QED) is 0.871. The zero-order chi connectivity index (χ0) is 15.7. The van der Waals surface area contributed by atoms with E-state index in [2.05, 4.69) is 5.32 Å². The van der Waals surface area contributed by atoms with Crippen molar-refractivity contribution < 1.29 is 17.6 Å². The normalized spacial score (nSPS) is 13.9. The average molecular weight is 322 g/mol. The molecule has 0 spiro atoms. The van der Waals surface area contributed by atoms with Gasteiger partial charge in [-0.25, -0.2) is 12.8 Å². The van der Waals surface area contributed by atoms with Crippen LogP contribution in [0.4, 0.5) is 4.39 Å². The Morgan fingerprint density at radius 3 is 2.35 bits per heavy atom. The van der Waals surface area contributed by atoms with Crippen molar-refractivity contribution in [3.05, 3.63) is 29.6 Å². The van der Waals surface area contributed by atoms with Crippen molar-refractivity contribution in [2.45, 2.75) is 38.6 Å². The number of hydrogen-bond acceptors (Lipinski definition) is 3. The molecular weight excluding hydrogens is 305 g/mol. The number of rotatable bonds is 3. The lowest BCUT2D eigenvalue weighted by atomic mass is 9.88. The fourth-order valence-electron chi connectivity index (χ4n) is 1.32. The SMILES string of the molecule is CC(NC(=O)c1cc(S(=O)(=O)Cl)ccc1F)C(C)(C)C. The summed E-state index contributed by atoms with van der Waals surface area (Å²) in [6, 6.07) is 2.64. The second kappa shape index (κ2) is 5.69. The Hall–Kier alpha value is -1.14. The van der Waals surface area contributed by atoms with E-state index in [1.807, 2.05) is 20.8 Å². The molecule has 0 saturated carbocycles. The lowest BCUT2D eigenvalue weighted by molar-refractivity contribution is 0.0905. The molecule has 20 heavy (non-hydrogen) atoms. The number of carbonyl (C=O) groups is 1. The average Bonchev–Trinajstić information content (AvgIpc) is 2.26. The molecule has 0 bridgehead atoms. The van der Waals surface area contributed by atoms with E-state index in [-0.39, 0.29) is 21.9 Å². The van der Waals surface area contributed by atoms with Crippen molar-refractivity contribution >= 4 is 25.6 Å². The minimum atomic E-state index is -4.01. The minimum absolute atomic E-state index is 0.206. The van der Waals surface area contributed by atoms with Gasteiger partial charge in [-0.05, 0) is 30.5 Å². The number of carbonyl (C=O) groups excluding carboxylic acids is 1. The molecule has 0 aliphatic carbocycles. The fourth-order valence-corrected chi connectivity index (χ4v) is 2.10. The number of amides is 1. The van der Waals surface area contributed by atoms with Crippen molar-refractivity contribution in [1.29, 1.82) is 0 Å².